The lowest BCUT2D eigenvalue weighted by atomic mass is 10.0. The average Bonchev–Trinajstić information content (AvgIpc) is 2.87. The van der Waals surface area contributed by atoms with Crippen LogP contribution in [0.3, 0.4) is 0 Å². The smallest absolute Gasteiger partial charge is 0.401 e. The van der Waals surface area contributed by atoms with E-state index in [2.05, 4.69) is 20.5 Å². The fourth-order valence-corrected chi connectivity index (χ4v) is 4.18. The van der Waals surface area contributed by atoms with Gasteiger partial charge in [-0.2, -0.15) is 23.4 Å². The Morgan fingerprint density at radius 1 is 1.08 bits per heavy atom. The largest absolute Gasteiger partial charge is 0.497 e. The van der Waals surface area contributed by atoms with E-state index in [4.69, 9.17) is 4.74 Å². The second kappa shape index (κ2) is 9.08. The highest BCUT2D eigenvalue weighted by molar-refractivity contribution is 5.92. The number of hydrogen-bond acceptors (Lipinski definition) is 7. The highest BCUT2D eigenvalue weighted by atomic mass is 19.4. The van der Waals surface area contributed by atoms with Gasteiger partial charge < -0.3 is 9.64 Å². The second-order valence-electron chi connectivity index (χ2n) is 8.24. The van der Waals surface area contributed by atoms with Crippen molar-refractivity contribution in [2.75, 3.05) is 25.6 Å². The van der Waals surface area contributed by atoms with Crippen LogP contribution in [0.1, 0.15) is 5.56 Å². The van der Waals surface area contributed by atoms with Gasteiger partial charge in [-0.05, 0) is 54.1 Å². The molecule has 1 atom stereocenters. The molecule has 5 rings (SSSR count). The van der Waals surface area contributed by atoms with Crippen molar-refractivity contribution in [3.63, 3.8) is 0 Å². The summed E-state index contributed by atoms with van der Waals surface area (Å²) < 4.78 is 45.3. The zero-order chi connectivity index (χ0) is 25.4. The zero-order valence-corrected chi connectivity index (χ0v) is 19.3. The Kier molecular flexibility index (Phi) is 5.92. The predicted octanol–water partition coefficient (Wildman–Crippen LogP) is 3.76. The molecule has 11 heteroatoms. The molecule has 0 fully saturated rings. The molecule has 0 saturated carbocycles. The van der Waals surface area contributed by atoms with Gasteiger partial charge in [0.15, 0.2) is 6.29 Å². The lowest BCUT2D eigenvalue weighted by Crippen LogP contribution is -2.49. The van der Waals surface area contributed by atoms with Crippen LogP contribution in [0.15, 0.2) is 70.6 Å². The summed E-state index contributed by atoms with van der Waals surface area (Å²) in [4.78, 5) is 19.7. The maximum absolute atomic E-state index is 13.9. The Labute approximate surface area is 203 Å². The number of aromatic nitrogens is 3. The summed E-state index contributed by atoms with van der Waals surface area (Å²) in [6.07, 6.45) is -2.35. The van der Waals surface area contributed by atoms with Crippen LogP contribution in [0, 0.1) is 0 Å². The summed E-state index contributed by atoms with van der Waals surface area (Å²) in [5.41, 5.74) is 2.54. The van der Waals surface area contributed by atoms with Gasteiger partial charge in [-0.25, -0.2) is 0 Å². The van der Waals surface area contributed by atoms with E-state index < -0.39 is 19.0 Å². The average molecular weight is 494 g/mol. The van der Waals surface area contributed by atoms with Gasteiger partial charge in [-0.1, -0.05) is 6.07 Å². The molecule has 1 aliphatic heterocycles. The molecule has 184 valence electrons. The summed E-state index contributed by atoms with van der Waals surface area (Å²) in [5.74, 6) is 1.02. The number of halogens is 3. The van der Waals surface area contributed by atoms with E-state index in [9.17, 15) is 18.0 Å². The quantitative estimate of drug-likeness (QED) is 0.455. The summed E-state index contributed by atoms with van der Waals surface area (Å²) in [6, 6.07) is 15.8. The van der Waals surface area contributed by atoms with Crippen molar-refractivity contribution in [1.82, 2.24) is 20.1 Å². The molecular weight excluding hydrogens is 473 g/mol. The minimum Gasteiger partial charge on any atom is -0.497 e. The van der Waals surface area contributed by atoms with Crippen LogP contribution >= 0.6 is 0 Å². The monoisotopic (exact) mass is 494 g/mol. The molecule has 2 aromatic carbocycles. The fourth-order valence-electron chi connectivity index (χ4n) is 4.18. The van der Waals surface area contributed by atoms with Crippen molar-refractivity contribution >= 4 is 22.9 Å². The molecule has 4 aromatic rings. The third-order valence-corrected chi connectivity index (χ3v) is 5.90. The fraction of sp³-hybridized carbons (Fsp3) is 0.200. The number of hydrogen-bond donors (Lipinski definition) is 1. The number of pyridine rings is 1. The van der Waals surface area contributed by atoms with Crippen molar-refractivity contribution in [3.05, 3.63) is 76.7 Å². The minimum atomic E-state index is -4.41. The number of rotatable bonds is 5. The van der Waals surface area contributed by atoms with Crippen LogP contribution in [0.5, 0.6) is 5.75 Å². The van der Waals surface area contributed by atoms with Gasteiger partial charge in [0.2, 0.25) is 0 Å². The van der Waals surface area contributed by atoms with Gasteiger partial charge in [0.1, 0.15) is 11.6 Å². The lowest BCUT2D eigenvalue weighted by molar-refractivity contribution is -0.126. The van der Waals surface area contributed by atoms with Crippen molar-refractivity contribution in [3.8, 4) is 22.6 Å². The van der Waals surface area contributed by atoms with Crippen LogP contribution in [0.4, 0.5) is 19.0 Å². The molecule has 1 N–H and O–H groups in total. The van der Waals surface area contributed by atoms with E-state index in [0.29, 0.717) is 39.5 Å². The van der Waals surface area contributed by atoms with Gasteiger partial charge >= 0.3 is 6.18 Å². The SMILES string of the molecule is COc1ccc(-n2c3c(cc(-c4ccc5nnccc5c4)c2=O)C=NC(NCC(F)(F)F)N3C)cc1. The number of alkyl halides is 3. The highest BCUT2D eigenvalue weighted by Gasteiger charge is 2.32. The maximum Gasteiger partial charge on any atom is 0.401 e. The molecule has 0 spiro atoms. The first-order valence-corrected chi connectivity index (χ1v) is 11.0. The third-order valence-electron chi connectivity index (χ3n) is 5.90. The van der Waals surface area contributed by atoms with Crippen LogP contribution in [-0.2, 0) is 0 Å². The topological polar surface area (TPSA) is 84.6 Å². The zero-order valence-electron chi connectivity index (χ0n) is 19.3. The van der Waals surface area contributed by atoms with Crippen LogP contribution < -0.4 is 20.5 Å². The Balaban J connectivity index is 1.69. The van der Waals surface area contributed by atoms with Crippen LogP contribution in [0.2, 0.25) is 0 Å². The van der Waals surface area contributed by atoms with E-state index >= 15 is 0 Å². The minimum absolute atomic E-state index is 0.336. The van der Waals surface area contributed by atoms with E-state index in [1.807, 2.05) is 6.07 Å². The molecule has 0 aliphatic carbocycles. The number of benzene rings is 2. The van der Waals surface area contributed by atoms with Crippen molar-refractivity contribution < 1.29 is 17.9 Å². The molecule has 0 amide bonds. The molecule has 8 nitrogen and oxygen atoms in total. The van der Waals surface area contributed by atoms with Crippen molar-refractivity contribution in [1.29, 1.82) is 0 Å². The van der Waals surface area contributed by atoms with E-state index in [1.54, 1.807) is 61.8 Å². The highest BCUT2D eigenvalue weighted by Crippen LogP contribution is 2.31. The molecule has 1 unspecified atom stereocenters. The number of nitrogens with zero attached hydrogens (tertiary/aromatic N) is 5. The summed E-state index contributed by atoms with van der Waals surface area (Å²) >= 11 is 0. The normalized spacial score (nSPS) is 15.2. The number of nitrogens with one attached hydrogen (secondary N) is 1. The molecule has 36 heavy (non-hydrogen) atoms. The molecule has 1 aliphatic rings. The molecular formula is C25H21F3N6O2. The molecule has 3 heterocycles. The standard InChI is InChI=1S/C25H21F3N6O2/c1-33-22-17(13-29-24(33)30-14-25(26,27)28)12-20(15-3-8-21-16(11-15)9-10-31-32-21)23(35)34(22)18-4-6-19(36-2)7-5-18/h3-13,24,30H,14H2,1-2H3. The van der Waals surface area contributed by atoms with E-state index in [-0.39, 0.29) is 5.56 Å². The molecule has 2 aromatic heterocycles. The summed E-state index contributed by atoms with van der Waals surface area (Å²) in [5, 5.41) is 11.2. The maximum atomic E-state index is 13.9. The Hall–Kier alpha value is -4.25. The van der Waals surface area contributed by atoms with Gasteiger partial charge in [-0.15, -0.1) is 0 Å². The molecule has 0 saturated heterocycles. The summed E-state index contributed by atoms with van der Waals surface area (Å²) in [7, 11) is 3.13. The van der Waals surface area contributed by atoms with Crippen molar-refractivity contribution in [2.45, 2.75) is 12.5 Å². The molecule has 0 radical (unpaired) electrons. The predicted molar refractivity (Wildman–Crippen MR) is 131 cm³/mol. The van der Waals surface area contributed by atoms with E-state index in [0.717, 1.165) is 5.39 Å². The first-order valence-electron chi connectivity index (χ1n) is 11.0. The Morgan fingerprint density at radius 3 is 2.58 bits per heavy atom. The van der Waals surface area contributed by atoms with Gasteiger partial charge in [-0.3, -0.25) is 19.7 Å². The van der Waals surface area contributed by atoms with Crippen LogP contribution in [-0.4, -0.2) is 54.1 Å². The first-order chi connectivity index (χ1) is 17.2. The van der Waals surface area contributed by atoms with Gasteiger partial charge in [0, 0.05) is 29.8 Å². The number of anilines is 1. The summed E-state index contributed by atoms with van der Waals surface area (Å²) in [6.45, 7) is -1.22. The Bertz CT molecular complexity index is 1520. The Morgan fingerprint density at radius 2 is 1.86 bits per heavy atom. The van der Waals surface area contributed by atoms with Crippen LogP contribution in [0.25, 0.3) is 27.7 Å². The number of ether oxygens (including phenoxy) is 1. The first kappa shape index (κ1) is 23.5. The number of methoxy groups -OCH3 is 1. The van der Waals surface area contributed by atoms with Crippen molar-refractivity contribution in [2.24, 2.45) is 4.99 Å². The second-order valence-corrected chi connectivity index (χ2v) is 8.24. The number of aliphatic imine (C=N–C) groups is 1. The van der Waals surface area contributed by atoms with Gasteiger partial charge in [0.05, 0.1) is 31.1 Å². The molecule has 0 bridgehead atoms. The van der Waals surface area contributed by atoms with E-state index in [1.165, 1.54) is 22.8 Å². The number of fused-ring (bicyclic) bond motifs is 2. The van der Waals surface area contributed by atoms with Gasteiger partial charge in [0.25, 0.3) is 5.56 Å². The lowest BCUT2D eigenvalue weighted by Gasteiger charge is -2.34. The third kappa shape index (κ3) is 4.40.